The highest BCUT2D eigenvalue weighted by Gasteiger charge is 2.22. The second-order valence-electron chi connectivity index (χ2n) is 5.82. The first kappa shape index (κ1) is 17.2. The molecule has 0 aliphatic carbocycles. The molecule has 0 aromatic heterocycles. The van der Waals surface area contributed by atoms with Gasteiger partial charge in [0.25, 0.3) is 5.91 Å². The molecule has 1 unspecified atom stereocenters. The fourth-order valence-electron chi connectivity index (χ4n) is 2.82. The number of nitrogens with one attached hydrogen (secondary N) is 2. The highest BCUT2D eigenvalue weighted by atomic mass is 19.1. The van der Waals surface area contributed by atoms with Crippen molar-refractivity contribution in [2.24, 2.45) is 0 Å². The molecule has 25 heavy (non-hydrogen) atoms. The molecule has 0 fully saturated rings. The van der Waals surface area contributed by atoms with Gasteiger partial charge in [-0.25, -0.2) is 4.39 Å². The minimum absolute atomic E-state index is 0.00597. The predicted molar refractivity (Wildman–Crippen MR) is 92.1 cm³/mol. The maximum Gasteiger partial charge on any atom is 0.257 e. The van der Waals surface area contributed by atoms with Crippen LogP contribution in [0.3, 0.4) is 0 Å². The lowest BCUT2D eigenvalue weighted by molar-refractivity contribution is -0.122. The first-order valence-electron chi connectivity index (χ1n) is 8.24. The molecule has 0 spiro atoms. The van der Waals surface area contributed by atoms with Gasteiger partial charge in [-0.15, -0.1) is 0 Å². The Labute approximate surface area is 146 Å². The number of rotatable bonds is 6. The zero-order valence-corrected chi connectivity index (χ0v) is 14.0. The van der Waals surface area contributed by atoms with Crippen molar-refractivity contribution in [3.8, 4) is 11.5 Å². The molecule has 3 rings (SSSR count). The molecule has 1 aliphatic heterocycles. The summed E-state index contributed by atoms with van der Waals surface area (Å²) < 4.78 is 24.7. The number of benzene rings is 2. The molecule has 0 saturated heterocycles. The van der Waals surface area contributed by atoms with Crippen LogP contribution in [0.5, 0.6) is 11.5 Å². The average molecular weight is 344 g/mol. The third-order valence-corrected chi connectivity index (χ3v) is 4.16. The van der Waals surface area contributed by atoms with Gasteiger partial charge >= 0.3 is 0 Å². The molecule has 0 saturated carbocycles. The zero-order valence-electron chi connectivity index (χ0n) is 14.0. The van der Waals surface area contributed by atoms with E-state index in [-0.39, 0.29) is 24.4 Å². The summed E-state index contributed by atoms with van der Waals surface area (Å²) in [5, 5.41) is 5.96. The number of hydrogen-bond donors (Lipinski definition) is 2. The SMILES string of the molecule is CNC(=O)COc1ccccc1CNC1CCOc2ccc(F)cc21. The van der Waals surface area contributed by atoms with Crippen LogP contribution in [0.2, 0.25) is 0 Å². The smallest absolute Gasteiger partial charge is 0.257 e. The number of amides is 1. The largest absolute Gasteiger partial charge is 0.493 e. The number of halogens is 1. The van der Waals surface area contributed by atoms with Crippen LogP contribution in [-0.4, -0.2) is 26.2 Å². The molecule has 2 aromatic rings. The van der Waals surface area contributed by atoms with Crippen molar-refractivity contribution in [1.29, 1.82) is 0 Å². The third kappa shape index (κ3) is 4.28. The minimum Gasteiger partial charge on any atom is -0.493 e. The van der Waals surface area contributed by atoms with E-state index in [9.17, 15) is 9.18 Å². The summed E-state index contributed by atoms with van der Waals surface area (Å²) in [5.41, 5.74) is 1.77. The van der Waals surface area contributed by atoms with Crippen LogP contribution in [0.4, 0.5) is 4.39 Å². The number of hydrogen-bond acceptors (Lipinski definition) is 4. The van der Waals surface area contributed by atoms with Crippen molar-refractivity contribution in [1.82, 2.24) is 10.6 Å². The number of likely N-dealkylation sites (N-methyl/N-ethyl adjacent to an activating group) is 1. The summed E-state index contributed by atoms with van der Waals surface area (Å²) >= 11 is 0. The number of carbonyl (C=O) groups excluding carboxylic acids is 1. The maximum absolute atomic E-state index is 13.6. The summed E-state index contributed by atoms with van der Waals surface area (Å²) in [4.78, 5) is 11.4. The lowest BCUT2D eigenvalue weighted by atomic mass is 10.00. The maximum atomic E-state index is 13.6. The van der Waals surface area contributed by atoms with Crippen molar-refractivity contribution in [3.63, 3.8) is 0 Å². The zero-order chi connectivity index (χ0) is 17.6. The van der Waals surface area contributed by atoms with E-state index in [4.69, 9.17) is 9.47 Å². The van der Waals surface area contributed by atoms with E-state index in [2.05, 4.69) is 10.6 Å². The van der Waals surface area contributed by atoms with E-state index in [0.29, 0.717) is 24.7 Å². The van der Waals surface area contributed by atoms with E-state index in [1.54, 1.807) is 13.1 Å². The minimum atomic E-state index is -0.273. The van der Waals surface area contributed by atoms with Gasteiger partial charge in [0, 0.05) is 37.2 Å². The van der Waals surface area contributed by atoms with E-state index in [1.165, 1.54) is 12.1 Å². The van der Waals surface area contributed by atoms with Gasteiger partial charge in [0.15, 0.2) is 6.61 Å². The van der Waals surface area contributed by atoms with Crippen LogP contribution in [0.25, 0.3) is 0 Å². The van der Waals surface area contributed by atoms with Gasteiger partial charge in [-0.1, -0.05) is 18.2 Å². The van der Waals surface area contributed by atoms with Crippen LogP contribution < -0.4 is 20.1 Å². The first-order chi connectivity index (χ1) is 12.2. The van der Waals surface area contributed by atoms with Gasteiger partial charge in [0.05, 0.1) is 6.61 Å². The van der Waals surface area contributed by atoms with Crippen LogP contribution in [0.15, 0.2) is 42.5 Å². The van der Waals surface area contributed by atoms with Gasteiger partial charge in [-0.05, 0) is 24.3 Å². The highest BCUT2D eigenvalue weighted by molar-refractivity contribution is 5.77. The van der Waals surface area contributed by atoms with Crippen LogP contribution >= 0.6 is 0 Å². The number of ether oxygens (including phenoxy) is 2. The molecule has 0 radical (unpaired) electrons. The second-order valence-corrected chi connectivity index (χ2v) is 5.82. The summed E-state index contributed by atoms with van der Waals surface area (Å²) in [6, 6.07) is 12.1. The van der Waals surface area contributed by atoms with Crippen LogP contribution in [0, 0.1) is 5.82 Å². The normalized spacial score (nSPS) is 15.8. The first-order valence-corrected chi connectivity index (χ1v) is 8.24. The lowest BCUT2D eigenvalue weighted by Gasteiger charge is -2.27. The second kappa shape index (κ2) is 7.98. The average Bonchev–Trinajstić information content (AvgIpc) is 2.65. The van der Waals surface area contributed by atoms with Gasteiger partial charge in [0.2, 0.25) is 0 Å². The highest BCUT2D eigenvalue weighted by Crippen LogP contribution is 2.33. The van der Waals surface area contributed by atoms with E-state index in [0.717, 1.165) is 17.5 Å². The van der Waals surface area contributed by atoms with E-state index >= 15 is 0 Å². The fourth-order valence-corrected chi connectivity index (χ4v) is 2.82. The number of carbonyl (C=O) groups is 1. The third-order valence-electron chi connectivity index (χ3n) is 4.16. The molecule has 0 bridgehead atoms. The molecular formula is C19H21FN2O3. The number of fused-ring (bicyclic) bond motifs is 1. The molecule has 1 heterocycles. The van der Waals surface area contributed by atoms with Gasteiger partial charge in [-0.2, -0.15) is 0 Å². The Morgan fingerprint density at radius 3 is 3.00 bits per heavy atom. The molecule has 1 amide bonds. The predicted octanol–water partition coefficient (Wildman–Crippen LogP) is 2.56. The Morgan fingerprint density at radius 1 is 1.32 bits per heavy atom. The quantitative estimate of drug-likeness (QED) is 0.846. The van der Waals surface area contributed by atoms with Crippen molar-refractivity contribution in [2.75, 3.05) is 20.3 Å². The summed E-state index contributed by atoms with van der Waals surface area (Å²) in [7, 11) is 1.57. The van der Waals surface area contributed by atoms with Gasteiger partial charge in [-0.3, -0.25) is 4.79 Å². The summed E-state index contributed by atoms with van der Waals surface area (Å²) in [5.74, 6) is 0.918. The Kier molecular flexibility index (Phi) is 5.50. The Bertz CT molecular complexity index is 751. The van der Waals surface area contributed by atoms with Crippen LogP contribution in [0.1, 0.15) is 23.6 Å². The van der Waals surface area contributed by atoms with E-state index in [1.807, 2.05) is 24.3 Å². The summed E-state index contributed by atoms with van der Waals surface area (Å²) in [6.07, 6.45) is 0.762. The van der Waals surface area contributed by atoms with Gasteiger partial charge in [0.1, 0.15) is 17.3 Å². The molecule has 2 aromatic carbocycles. The fraction of sp³-hybridized carbons (Fsp3) is 0.316. The lowest BCUT2D eigenvalue weighted by Crippen LogP contribution is -2.27. The Hall–Kier alpha value is -2.60. The molecular weight excluding hydrogens is 323 g/mol. The molecule has 132 valence electrons. The van der Waals surface area contributed by atoms with E-state index < -0.39 is 0 Å². The Morgan fingerprint density at radius 2 is 2.16 bits per heavy atom. The molecule has 2 N–H and O–H groups in total. The summed E-state index contributed by atoms with van der Waals surface area (Å²) in [6.45, 7) is 1.11. The molecule has 1 atom stereocenters. The van der Waals surface area contributed by atoms with Crippen molar-refractivity contribution >= 4 is 5.91 Å². The van der Waals surface area contributed by atoms with Crippen LogP contribution in [-0.2, 0) is 11.3 Å². The van der Waals surface area contributed by atoms with Crippen molar-refractivity contribution < 1.29 is 18.7 Å². The molecule has 5 nitrogen and oxygen atoms in total. The van der Waals surface area contributed by atoms with Gasteiger partial charge < -0.3 is 20.1 Å². The molecule has 1 aliphatic rings. The van der Waals surface area contributed by atoms with Crippen molar-refractivity contribution in [2.45, 2.75) is 19.0 Å². The monoisotopic (exact) mass is 344 g/mol. The topological polar surface area (TPSA) is 59.6 Å². The van der Waals surface area contributed by atoms with Crippen molar-refractivity contribution in [3.05, 3.63) is 59.4 Å². The Balaban J connectivity index is 1.69. The standard InChI is InChI=1S/C19H21FN2O3/c1-21-19(23)12-25-17-5-3-2-4-13(17)11-22-16-8-9-24-18-7-6-14(20)10-15(16)18/h2-7,10,16,22H,8-9,11-12H2,1H3,(H,21,23). The number of para-hydroxylation sites is 1. The molecule has 6 heteroatoms.